The third-order valence-electron chi connectivity index (χ3n) is 4.71. The predicted octanol–water partition coefficient (Wildman–Crippen LogP) is 3.80. The Balaban J connectivity index is 1.58. The molecule has 1 aromatic heterocycles. The quantitative estimate of drug-likeness (QED) is 0.437. The highest BCUT2D eigenvalue weighted by Crippen LogP contribution is 2.16. The first kappa shape index (κ1) is 23.3. The van der Waals surface area contributed by atoms with Crippen LogP contribution in [0, 0.1) is 0 Å². The third kappa shape index (κ3) is 6.81. The van der Waals surface area contributed by atoms with Crippen molar-refractivity contribution in [3.05, 3.63) is 94.4 Å². The number of furan rings is 1. The topological polar surface area (TPSA) is 97.6 Å². The van der Waals surface area contributed by atoms with E-state index in [-0.39, 0.29) is 18.2 Å². The smallest absolute Gasteiger partial charge is 0.329 e. The van der Waals surface area contributed by atoms with Crippen molar-refractivity contribution in [3.63, 3.8) is 0 Å². The number of hydrogen-bond donors (Lipinski definition) is 2. The van der Waals surface area contributed by atoms with Gasteiger partial charge in [-0.1, -0.05) is 58.4 Å². The van der Waals surface area contributed by atoms with Crippen LogP contribution in [0.3, 0.4) is 0 Å². The average molecular weight is 499 g/mol. The van der Waals surface area contributed by atoms with Crippen LogP contribution in [0.2, 0.25) is 0 Å². The van der Waals surface area contributed by atoms with Gasteiger partial charge in [-0.2, -0.15) is 0 Å². The zero-order valence-corrected chi connectivity index (χ0v) is 19.0. The van der Waals surface area contributed by atoms with Gasteiger partial charge < -0.3 is 19.8 Å². The fourth-order valence-electron chi connectivity index (χ4n) is 3.04. The number of carbonyl (C=O) groups excluding carboxylic acids is 3. The zero-order valence-electron chi connectivity index (χ0n) is 17.4. The first-order valence-corrected chi connectivity index (χ1v) is 10.8. The number of esters is 1. The number of hydrogen-bond acceptors (Lipinski definition) is 5. The monoisotopic (exact) mass is 498 g/mol. The van der Waals surface area contributed by atoms with Gasteiger partial charge in [0.2, 0.25) is 0 Å². The van der Waals surface area contributed by atoms with Gasteiger partial charge in [0.25, 0.3) is 11.8 Å². The molecule has 3 rings (SSSR count). The Labute approximate surface area is 194 Å². The molecule has 0 radical (unpaired) electrons. The summed E-state index contributed by atoms with van der Waals surface area (Å²) in [6, 6.07) is 18.6. The summed E-state index contributed by atoms with van der Waals surface area (Å²) in [5.74, 6) is -1.61. The minimum atomic E-state index is -0.980. The van der Waals surface area contributed by atoms with Crippen LogP contribution in [0.5, 0.6) is 0 Å². The van der Waals surface area contributed by atoms with Crippen molar-refractivity contribution in [2.45, 2.75) is 25.4 Å². The number of ether oxygens (including phenoxy) is 1. The Bertz CT molecular complexity index is 1040. The summed E-state index contributed by atoms with van der Waals surface area (Å²) in [5, 5.41) is 5.41. The standard InChI is InChI=1S/C24H23BrN2O5/c1-16(18-9-11-19(25)12-10-18)26-22(28)15-32-24(30)20(14-17-6-3-2-4-7-17)27-23(29)21-8-5-13-31-21/h2-13,16,20H,14-15H2,1H3,(H,26,28)(H,27,29)/t16?,20-/m0/s1. The van der Waals surface area contributed by atoms with Crippen molar-refractivity contribution in [3.8, 4) is 0 Å². The zero-order chi connectivity index (χ0) is 22.9. The molecule has 3 aromatic rings. The summed E-state index contributed by atoms with van der Waals surface area (Å²) in [6.45, 7) is 1.38. The molecule has 0 aliphatic rings. The van der Waals surface area contributed by atoms with Gasteiger partial charge in [-0.05, 0) is 42.3 Å². The maximum atomic E-state index is 12.7. The van der Waals surface area contributed by atoms with E-state index in [1.807, 2.05) is 61.5 Å². The van der Waals surface area contributed by atoms with E-state index in [0.717, 1.165) is 15.6 Å². The molecule has 1 heterocycles. The third-order valence-corrected chi connectivity index (χ3v) is 5.24. The van der Waals surface area contributed by atoms with Crippen LogP contribution >= 0.6 is 15.9 Å². The molecule has 0 saturated heterocycles. The molecular formula is C24H23BrN2O5. The highest BCUT2D eigenvalue weighted by atomic mass is 79.9. The number of rotatable bonds is 9. The molecule has 2 N–H and O–H groups in total. The van der Waals surface area contributed by atoms with Crippen LogP contribution in [-0.2, 0) is 20.7 Å². The Morgan fingerprint density at radius 2 is 1.69 bits per heavy atom. The molecule has 0 spiro atoms. The molecule has 0 aliphatic heterocycles. The SMILES string of the molecule is CC(NC(=O)COC(=O)[C@H](Cc1ccccc1)NC(=O)c1ccco1)c1ccc(Br)cc1. The summed E-state index contributed by atoms with van der Waals surface area (Å²) in [5.41, 5.74) is 1.75. The maximum absolute atomic E-state index is 12.7. The predicted molar refractivity (Wildman–Crippen MR) is 122 cm³/mol. The molecule has 0 aliphatic carbocycles. The van der Waals surface area contributed by atoms with Gasteiger partial charge in [0.05, 0.1) is 12.3 Å². The highest BCUT2D eigenvalue weighted by Gasteiger charge is 2.25. The average Bonchev–Trinajstić information content (AvgIpc) is 3.33. The number of halogens is 1. The van der Waals surface area contributed by atoms with Crippen molar-refractivity contribution in [2.24, 2.45) is 0 Å². The van der Waals surface area contributed by atoms with Crippen LogP contribution in [0.4, 0.5) is 0 Å². The Morgan fingerprint density at radius 1 is 0.969 bits per heavy atom. The lowest BCUT2D eigenvalue weighted by Crippen LogP contribution is -2.44. The maximum Gasteiger partial charge on any atom is 0.329 e. The van der Waals surface area contributed by atoms with Crippen LogP contribution in [-0.4, -0.2) is 30.4 Å². The van der Waals surface area contributed by atoms with E-state index in [4.69, 9.17) is 9.15 Å². The minimum Gasteiger partial charge on any atom is -0.459 e. The van der Waals surface area contributed by atoms with Gasteiger partial charge in [0.15, 0.2) is 12.4 Å². The summed E-state index contributed by atoms with van der Waals surface area (Å²) in [7, 11) is 0. The first-order valence-electron chi connectivity index (χ1n) is 10.0. The van der Waals surface area contributed by atoms with E-state index in [2.05, 4.69) is 26.6 Å². The van der Waals surface area contributed by atoms with Crippen molar-refractivity contribution in [1.29, 1.82) is 0 Å². The van der Waals surface area contributed by atoms with Crippen LogP contribution in [0.1, 0.15) is 34.6 Å². The fraction of sp³-hybridized carbons (Fsp3) is 0.208. The summed E-state index contributed by atoms with van der Waals surface area (Å²) in [4.78, 5) is 37.4. The molecular weight excluding hydrogens is 476 g/mol. The largest absolute Gasteiger partial charge is 0.459 e. The van der Waals surface area contributed by atoms with Crippen molar-refractivity contribution in [1.82, 2.24) is 10.6 Å². The van der Waals surface area contributed by atoms with Crippen molar-refractivity contribution >= 4 is 33.7 Å². The van der Waals surface area contributed by atoms with Gasteiger partial charge in [-0.3, -0.25) is 9.59 Å². The van der Waals surface area contributed by atoms with Gasteiger partial charge in [0, 0.05) is 10.9 Å². The molecule has 2 atom stereocenters. The van der Waals surface area contributed by atoms with E-state index in [0.29, 0.717) is 0 Å². The van der Waals surface area contributed by atoms with Crippen LogP contribution in [0.15, 0.2) is 81.9 Å². The Morgan fingerprint density at radius 3 is 2.34 bits per heavy atom. The van der Waals surface area contributed by atoms with Gasteiger partial charge in [0.1, 0.15) is 6.04 Å². The minimum absolute atomic E-state index is 0.0805. The fourth-order valence-corrected chi connectivity index (χ4v) is 3.30. The first-order chi connectivity index (χ1) is 15.4. The van der Waals surface area contributed by atoms with E-state index < -0.39 is 30.4 Å². The second kappa shape index (κ2) is 11.3. The van der Waals surface area contributed by atoms with Crippen LogP contribution in [0.25, 0.3) is 0 Å². The molecule has 8 heteroatoms. The van der Waals surface area contributed by atoms with E-state index in [9.17, 15) is 14.4 Å². The summed E-state index contributed by atoms with van der Waals surface area (Å²) >= 11 is 3.37. The molecule has 0 fully saturated rings. The number of carbonyl (C=O) groups is 3. The molecule has 2 amide bonds. The lowest BCUT2D eigenvalue weighted by molar-refractivity contribution is -0.150. The van der Waals surface area contributed by atoms with E-state index in [1.54, 1.807) is 6.07 Å². The van der Waals surface area contributed by atoms with Crippen LogP contribution < -0.4 is 10.6 Å². The Kier molecular flexibility index (Phi) is 8.21. The summed E-state index contributed by atoms with van der Waals surface area (Å²) < 4.78 is 11.2. The second-order valence-corrected chi connectivity index (χ2v) is 8.06. The normalized spacial score (nSPS) is 12.4. The summed E-state index contributed by atoms with van der Waals surface area (Å²) in [6.07, 6.45) is 1.58. The van der Waals surface area contributed by atoms with Gasteiger partial charge in [-0.25, -0.2) is 4.79 Å². The highest BCUT2D eigenvalue weighted by molar-refractivity contribution is 9.10. The molecule has 7 nitrogen and oxygen atoms in total. The van der Waals surface area contributed by atoms with E-state index in [1.165, 1.54) is 12.3 Å². The number of nitrogens with one attached hydrogen (secondary N) is 2. The second-order valence-electron chi connectivity index (χ2n) is 7.14. The van der Waals surface area contributed by atoms with Crippen molar-refractivity contribution in [2.75, 3.05) is 6.61 Å². The van der Waals surface area contributed by atoms with Crippen molar-refractivity contribution < 1.29 is 23.5 Å². The molecule has 0 bridgehead atoms. The van der Waals surface area contributed by atoms with E-state index >= 15 is 0 Å². The number of amides is 2. The number of benzene rings is 2. The molecule has 0 saturated carbocycles. The molecule has 1 unspecified atom stereocenters. The molecule has 2 aromatic carbocycles. The molecule has 166 valence electrons. The molecule has 32 heavy (non-hydrogen) atoms. The lowest BCUT2D eigenvalue weighted by atomic mass is 10.1. The van der Waals surface area contributed by atoms with Gasteiger partial charge >= 0.3 is 5.97 Å². The Hall–Kier alpha value is -3.39. The lowest BCUT2D eigenvalue weighted by Gasteiger charge is -2.18. The van der Waals surface area contributed by atoms with Gasteiger partial charge in [-0.15, -0.1) is 0 Å².